The molecule has 0 saturated carbocycles. The van der Waals surface area contributed by atoms with Crippen molar-refractivity contribution in [2.75, 3.05) is 6.61 Å². The molecule has 1 aliphatic heterocycles. The quantitative estimate of drug-likeness (QED) is 0.497. The van der Waals surface area contributed by atoms with E-state index in [-0.39, 0.29) is 12.4 Å². The van der Waals surface area contributed by atoms with Crippen LogP contribution >= 0.6 is 0 Å². The first-order chi connectivity index (χ1) is 6.13. The van der Waals surface area contributed by atoms with Gasteiger partial charge in [0.1, 0.15) is 5.76 Å². The maximum absolute atomic E-state index is 10.8. The van der Waals surface area contributed by atoms with Gasteiger partial charge < -0.3 is 14.6 Å². The van der Waals surface area contributed by atoms with E-state index in [0.29, 0.717) is 0 Å². The number of rotatable bonds is 2. The molecule has 0 amide bonds. The summed E-state index contributed by atoms with van der Waals surface area (Å²) in [6.45, 7) is 1.90. The molecular formula is C8H8O5. The van der Waals surface area contributed by atoms with E-state index in [1.165, 1.54) is 0 Å². The zero-order chi connectivity index (χ0) is 9.84. The fraction of sp³-hybridized carbons (Fsp3) is 0.250. The number of carbonyl (C=O) groups excluding carboxylic acids is 2. The van der Waals surface area contributed by atoms with Crippen LogP contribution in [0.1, 0.15) is 6.92 Å². The number of hydrogen-bond donors (Lipinski definition) is 1. The van der Waals surface area contributed by atoms with Crippen molar-refractivity contribution in [1.29, 1.82) is 0 Å². The lowest BCUT2D eigenvalue weighted by Crippen LogP contribution is -2.02. The molecule has 0 unspecified atom stereocenters. The SMILES string of the molecule is CCOC(=O)C=C1C=C(O)C(=O)O1. The minimum Gasteiger partial charge on any atom is -0.502 e. The van der Waals surface area contributed by atoms with E-state index in [0.717, 1.165) is 12.2 Å². The van der Waals surface area contributed by atoms with Gasteiger partial charge >= 0.3 is 11.9 Å². The molecule has 0 aromatic heterocycles. The second-order valence-electron chi connectivity index (χ2n) is 2.22. The Balaban J connectivity index is 2.65. The van der Waals surface area contributed by atoms with E-state index in [1.807, 2.05) is 0 Å². The van der Waals surface area contributed by atoms with Crippen molar-refractivity contribution in [3.63, 3.8) is 0 Å². The fourth-order valence-corrected chi connectivity index (χ4v) is 0.754. The molecule has 0 aromatic rings. The molecule has 13 heavy (non-hydrogen) atoms. The highest BCUT2D eigenvalue weighted by atomic mass is 16.6. The standard InChI is InChI=1S/C8H8O5/c1-2-12-7(10)4-5-3-6(9)8(11)13-5/h3-4,9H,2H2,1H3. The zero-order valence-corrected chi connectivity index (χ0v) is 6.94. The number of cyclic esters (lactones) is 1. The topological polar surface area (TPSA) is 72.8 Å². The molecule has 1 rings (SSSR count). The number of esters is 2. The number of aliphatic hydroxyl groups excluding tert-OH is 1. The molecule has 0 radical (unpaired) electrons. The van der Waals surface area contributed by atoms with E-state index in [1.54, 1.807) is 6.92 Å². The van der Waals surface area contributed by atoms with Crippen LogP contribution in [-0.4, -0.2) is 23.7 Å². The number of allylic oxidation sites excluding steroid dienone is 1. The lowest BCUT2D eigenvalue weighted by Gasteiger charge is -1.96. The minimum atomic E-state index is -0.865. The summed E-state index contributed by atoms with van der Waals surface area (Å²) in [4.78, 5) is 21.4. The second kappa shape index (κ2) is 3.75. The van der Waals surface area contributed by atoms with Crippen molar-refractivity contribution < 1.29 is 24.2 Å². The molecule has 1 N–H and O–H groups in total. The summed E-state index contributed by atoms with van der Waals surface area (Å²) in [5.74, 6) is -2.01. The summed E-state index contributed by atoms with van der Waals surface area (Å²) in [7, 11) is 0. The first-order valence-corrected chi connectivity index (χ1v) is 3.64. The van der Waals surface area contributed by atoms with Gasteiger partial charge in [-0.25, -0.2) is 9.59 Å². The second-order valence-corrected chi connectivity index (χ2v) is 2.22. The Bertz CT molecular complexity index is 300. The van der Waals surface area contributed by atoms with Gasteiger partial charge in [0, 0.05) is 6.08 Å². The Labute approximate surface area is 74.3 Å². The molecule has 0 spiro atoms. The molecule has 5 nitrogen and oxygen atoms in total. The molecule has 0 fully saturated rings. The maximum atomic E-state index is 10.8. The van der Waals surface area contributed by atoms with E-state index >= 15 is 0 Å². The summed E-state index contributed by atoms with van der Waals surface area (Å²) < 4.78 is 9.03. The van der Waals surface area contributed by atoms with Crippen molar-refractivity contribution in [3.8, 4) is 0 Å². The van der Waals surface area contributed by atoms with Crippen molar-refractivity contribution in [2.45, 2.75) is 6.92 Å². The van der Waals surface area contributed by atoms with Crippen LogP contribution in [0.5, 0.6) is 0 Å². The smallest absolute Gasteiger partial charge is 0.378 e. The van der Waals surface area contributed by atoms with Crippen LogP contribution in [0.15, 0.2) is 23.7 Å². The number of carbonyl (C=O) groups is 2. The van der Waals surface area contributed by atoms with Crippen LogP contribution in [0.4, 0.5) is 0 Å². The average Bonchev–Trinajstić information content (AvgIpc) is 2.31. The van der Waals surface area contributed by atoms with Gasteiger partial charge in [-0.3, -0.25) is 0 Å². The molecule has 0 aromatic carbocycles. The first-order valence-electron chi connectivity index (χ1n) is 3.64. The number of aliphatic hydroxyl groups is 1. The first kappa shape index (κ1) is 9.31. The monoisotopic (exact) mass is 184 g/mol. The van der Waals surface area contributed by atoms with Crippen molar-refractivity contribution in [2.24, 2.45) is 0 Å². The Morgan fingerprint density at radius 3 is 2.92 bits per heavy atom. The lowest BCUT2D eigenvalue weighted by atomic mass is 10.4. The third-order valence-corrected chi connectivity index (χ3v) is 1.25. The van der Waals surface area contributed by atoms with Crippen LogP contribution in [0.25, 0.3) is 0 Å². The molecule has 0 aliphatic carbocycles. The zero-order valence-electron chi connectivity index (χ0n) is 6.94. The largest absolute Gasteiger partial charge is 0.502 e. The van der Waals surface area contributed by atoms with Crippen LogP contribution in [0, 0.1) is 0 Å². The van der Waals surface area contributed by atoms with Gasteiger partial charge in [0.2, 0.25) is 5.76 Å². The van der Waals surface area contributed by atoms with Gasteiger partial charge in [-0.1, -0.05) is 0 Å². The molecule has 5 heteroatoms. The summed E-state index contributed by atoms with van der Waals surface area (Å²) in [6.07, 6.45) is 2.05. The average molecular weight is 184 g/mol. The Hall–Kier alpha value is -1.78. The molecule has 0 atom stereocenters. The van der Waals surface area contributed by atoms with E-state index < -0.39 is 17.7 Å². The Morgan fingerprint density at radius 1 is 1.77 bits per heavy atom. The molecule has 0 bridgehead atoms. The molecule has 0 saturated heterocycles. The molecular weight excluding hydrogens is 176 g/mol. The van der Waals surface area contributed by atoms with Gasteiger partial charge in [-0.15, -0.1) is 0 Å². The predicted octanol–water partition coefficient (Wildman–Crippen LogP) is 0.432. The predicted molar refractivity (Wildman–Crippen MR) is 41.5 cm³/mol. The minimum absolute atomic E-state index is 0.0130. The van der Waals surface area contributed by atoms with Gasteiger partial charge in [0.05, 0.1) is 12.7 Å². The van der Waals surface area contributed by atoms with E-state index in [2.05, 4.69) is 9.47 Å². The van der Waals surface area contributed by atoms with Gasteiger partial charge in [-0.05, 0) is 6.92 Å². The molecule has 1 aliphatic rings. The van der Waals surface area contributed by atoms with Gasteiger partial charge in [0.15, 0.2) is 0 Å². The highest BCUT2D eigenvalue weighted by Crippen LogP contribution is 2.14. The van der Waals surface area contributed by atoms with Gasteiger partial charge in [-0.2, -0.15) is 0 Å². The normalized spacial score (nSPS) is 18.4. The third kappa shape index (κ3) is 2.33. The molecule has 70 valence electrons. The van der Waals surface area contributed by atoms with Crippen molar-refractivity contribution >= 4 is 11.9 Å². The van der Waals surface area contributed by atoms with Crippen molar-refractivity contribution in [3.05, 3.63) is 23.7 Å². The van der Waals surface area contributed by atoms with Gasteiger partial charge in [0.25, 0.3) is 0 Å². The highest BCUT2D eigenvalue weighted by molar-refractivity contribution is 5.92. The number of ether oxygens (including phenoxy) is 2. The number of hydrogen-bond acceptors (Lipinski definition) is 5. The highest BCUT2D eigenvalue weighted by Gasteiger charge is 2.20. The maximum Gasteiger partial charge on any atom is 0.378 e. The Kier molecular flexibility index (Phi) is 2.69. The summed E-state index contributed by atoms with van der Waals surface area (Å²) in [5.41, 5.74) is 0. The van der Waals surface area contributed by atoms with Crippen LogP contribution in [-0.2, 0) is 19.1 Å². The summed E-state index contributed by atoms with van der Waals surface area (Å²) in [6, 6.07) is 0. The fourth-order valence-electron chi connectivity index (χ4n) is 0.754. The van der Waals surface area contributed by atoms with Crippen LogP contribution in [0.3, 0.4) is 0 Å². The van der Waals surface area contributed by atoms with Crippen molar-refractivity contribution in [1.82, 2.24) is 0 Å². The van der Waals surface area contributed by atoms with E-state index in [9.17, 15) is 9.59 Å². The lowest BCUT2D eigenvalue weighted by molar-refractivity contribution is -0.137. The molecule has 1 heterocycles. The Morgan fingerprint density at radius 2 is 2.46 bits per heavy atom. The van der Waals surface area contributed by atoms with E-state index in [4.69, 9.17) is 5.11 Å². The summed E-state index contributed by atoms with van der Waals surface area (Å²) in [5, 5.41) is 8.80. The van der Waals surface area contributed by atoms with Crippen LogP contribution < -0.4 is 0 Å². The summed E-state index contributed by atoms with van der Waals surface area (Å²) >= 11 is 0. The van der Waals surface area contributed by atoms with Crippen LogP contribution in [0.2, 0.25) is 0 Å². The third-order valence-electron chi connectivity index (χ3n) is 1.25.